The summed E-state index contributed by atoms with van der Waals surface area (Å²) in [6.45, 7) is 2.46. The number of hydrogen-bond donors (Lipinski definition) is 0. The molecule has 0 saturated heterocycles. The number of hydrogen-bond acceptors (Lipinski definition) is 3. The van der Waals surface area contributed by atoms with Crippen LogP contribution in [0.5, 0.6) is 0 Å². The second-order valence-corrected chi connectivity index (χ2v) is 6.42. The van der Waals surface area contributed by atoms with Crippen LogP contribution in [0.15, 0.2) is 48.5 Å². The van der Waals surface area contributed by atoms with Gasteiger partial charge in [-0.05, 0) is 29.0 Å². The van der Waals surface area contributed by atoms with Crippen LogP contribution in [0, 0.1) is 0 Å². The minimum Gasteiger partial charge on any atom is -0.270 e. The molecule has 1 aliphatic heterocycles. The molecule has 0 bridgehead atoms. The molecule has 2 amide bonds. The quantitative estimate of drug-likeness (QED) is 0.790. The molecule has 1 heterocycles. The Labute approximate surface area is 134 Å². The van der Waals surface area contributed by atoms with Crippen molar-refractivity contribution in [3.8, 4) is 0 Å². The van der Waals surface area contributed by atoms with Crippen LogP contribution in [0.25, 0.3) is 0 Å². The van der Waals surface area contributed by atoms with Gasteiger partial charge in [0.05, 0.1) is 17.7 Å². The third-order valence-electron chi connectivity index (χ3n) is 3.79. The first-order valence-electron chi connectivity index (χ1n) is 7.32. The average molecular weight is 311 g/mol. The molecule has 4 heteroatoms. The molecule has 0 atom stereocenters. The van der Waals surface area contributed by atoms with E-state index in [4.69, 9.17) is 0 Å². The molecule has 0 aromatic heterocycles. The number of carbonyl (C=O) groups excluding carboxylic acids is 2. The lowest BCUT2D eigenvalue weighted by molar-refractivity contribution is 0.0642. The first-order chi connectivity index (χ1) is 10.7. The van der Waals surface area contributed by atoms with E-state index >= 15 is 0 Å². The van der Waals surface area contributed by atoms with Crippen LogP contribution in [-0.4, -0.2) is 22.5 Å². The summed E-state index contributed by atoms with van der Waals surface area (Å²) < 4.78 is 0. The number of benzene rings is 2. The van der Waals surface area contributed by atoms with Gasteiger partial charge in [-0.25, -0.2) is 0 Å². The number of amides is 2. The van der Waals surface area contributed by atoms with Gasteiger partial charge in [0.2, 0.25) is 0 Å². The van der Waals surface area contributed by atoms with Crippen molar-refractivity contribution in [2.45, 2.75) is 19.2 Å². The number of fused-ring (bicyclic) bond motifs is 1. The summed E-state index contributed by atoms with van der Waals surface area (Å²) in [5.41, 5.74) is 3.24. The van der Waals surface area contributed by atoms with Gasteiger partial charge in [0.25, 0.3) is 11.8 Å². The number of nitrogens with zero attached hydrogens (tertiary/aromatic N) is 1. The van der Waals surface area contributed by atoms with Gasteiger partial charge in [-0.15, -0.1) is 0 Å². The normalized spacial score (nSPS) is 13.6. The van der Waals surface area contributed by atoms with E-state index in [-0.39, 0.29) is 11.8 Å². The largest absolute Gasteiger partial charge is 0.270 e. The molecule has 0 aliphatic carbocycles. The van der Waals surface area contributed by atoms with E-state index < -0.39 is 0 Å². The summed E-state index contributed by atoms with van der Waals surface area (Å²) in [6, 6.07) is 15.0. The predicted octanol–water partition coefficient (Wildman–Crippen LogP) is 3.74. The second kappa shape index (κ2) is 6.36. The highest BCUT2D eigenvalue weighted by atomic mass is 32.2. The van der Waals surface area contributed by atoms with Crippen molar-refractivity contribution in [3.05, 3.63) is 70.8 Å². The maximum absolute atomic E-state index is 12.4. The van der Waals surface area contributed by atoms with Crippen LogP contribution in [0.3, 0.4) is 0 Å². The van der Waals surface area contributed by atoms with Crippen molar-refractivity contribution in [2.24, 2.45) is 0 Å². The van der Waals surface area contributed by atoms with E-state index in [0.29, 0.717) is 17.7 Å². The van der Waals surface area contributed by atoms with Crippen LogP contribution in [0.1, 0.15) is 38.8 Å². The van der Waals surface area contributed by atoms with Gasteiger partial charge in [-0.1, -0.05) is 43.3 Å². The van der Waals surface area contributed by atoms with Crippen molar-refractivity contribution in [2.75, 3.05) is 5.75 Å². The summed E-state index contributed by atoms with van der Waals surface area (Å²) in [7, 11) is 0. The lowest BCUT2D eigenvalue weighted by Crippen LogP contribution is -2.29. The number of carbonyl (C=O) groups is 2. The first-order valence-corrected chi connectivity index (χ1v) is 8.47. The SMILES string of the molecule is CCSCc1ccccc1CN1C(=O)c2ccccc2C1=O. The minimum atomic E-state index is -0.196. The van der Waals surface area contributed by atoms with Crippen molar-refractivity contribution >= 4 is 23.6 Å². The summed E-state index contributed by atoms with van der Waals surface area (Å²) in [5.74, 6) is 1.55. The van der Waals surface area contributed by atoms with Crippen LogP contribution < -0.4 is 0 Å². The molecule has 3 rings (SSSR count). The molecule has 0 spiro atoms. The predicted molar refractivity (Wildman–Crippen MR) is 88.9 cm³/mol. The second-order valence-electron chi connectivity index (χ2n) is 5.15. The zero-order valence-corrected chi connectivity index (χ0v) is 13.2. The van der Waals surface area contributed by atoms with Gasteiger partial charge in [0.1, 0.15) is 0 Å². The molecule has 0 radical (unpaired) electrons. The topological polar surface area (TPSA) is 37.4 Å². The van der Waals surface area contributed by atoms with Crippen molar-refractivity contribution < 1.29 is 9.59 Å². The van der Waals surface area contributed by atoms with Crippen molar-refractivity contribution in [3.63, 3.8) is 0 Å². The number of imide groups is 1. The highest BCUT2D eigenvalue weighted by Crippen LogP contribution is 2.26. The van der Waals surface area contributed by atoms with Crippen LogP contribution in [-0.2, 0) is 12.3 Å². The Morgan fingerprint density at radius 1 is 0.864 bits per heavy atom. The molecule has 0 unspecified atom stereocenters. The lowest BCUT2D eigenvalue weighted by atomic mass is 10.1. The molecular formula is C18H17NO2S. The van der Waals surface area contributed by atoms with E-state index in [9.17, 15) is 9.59 Å². The van der Waals surface area contributed by atoms with Gasteiger partial charge in [-0.3, -0.25) is 14.5 Å². The van der Waals surface area contributed by atoms with Gasteiger partial charge in [0.15, 0.2) is 0 Å². The molecule has 3 nitrogen and oxygen atoms in total. The molecule has 22 heavy (non-hydrogen) atoms. The smallest absolute Gasteiger partial charge is 0.261 e. The van der Waals surface area contributed by atoms with Crippen LogP contribution in [0.4, 0.5) is 0 Å². The Kier molecular flexibility index (Phi) is 4.29. The Bertz CT molecular complexity index is 692. The van der Waals surface area contributed by atoms with Crippen molar-refractivity contribution in [1.29, 1.82) is 0 Å². The Hall–Kier alpha value is -2.07. The number of rotatable bonds is 5. The fourth-order valence-electron chi connectivity index (χ4n) is 2.62. The molecule has 2 aromatic rings. The average Bonchev–Trinajstić information content (AvgIpc) is 2.79. The highest BCUT2D eigenvalue weighted by molar-refractivity contribution is 7.98. The van der Waals surface area contributed by atoms with Crippen molar-refractivity contribution in [1.82, 2.24) is 4.90 Å². The summed E-state index contributed by atoms with van der Waals surface area (Å²) in [5, 5.41) is 0. The zero-order chi connectivity index (χ0) is 15.5. The van der Waals surface area contributed by atoms with Gasteiger partial charge >= 0.3 is 0 Å². The van der Waals surface area contributed by atoms with E-state index in [2.05, 4.69) is 13.0 Å². The Morgan fingerprint density at radius 2 is 1.41 bits per heavy atom. The maximum atomic E-state index is 12.4. The molecule has 0 saturated carbocycles. The van der Waals surface area contributed by atoms with Crippen LogP contribution in [0.2, 0.25) is 0 Å². The Balaban J connectivity index is 1.86. The van der Waals surface area contributed by atoms with Crippen LogP contribution >= 0.6 is 11.8 Å². The standard InChI is InChI=1S/C18H17NO2S/c1-2-22-12-14-8-4-3-7-13(14)11-19-17(20)15-9-5-6-10-16(15)18(19)21/h3-10H,2,11-12H2,1H3. The monoisotopic (exact) mass is 311 g/mol. The van der Waals surface area contributed by atoms with E-state index in [1.165, 1.54) is 10.5 Å². The third kappa shape index (κ3) is 2.66. The molecule has 0 N–H and O–H groups in total. The molecule has 112 valence electrons. The summed E-state index contributed by atoms with van der Waals surface area (Å²) in [4.78, 5) is 26.2. The molecule has 0 fully saturated rings. The van der Waals surface area contributed by atoms with Gasteiger partial charge in [-0.2, -0.15) is 11.8 Å². The van der Waals surface area contributed by atoms with Gasteiger partial charge in [0, 0.05) is 5.75 Å². The van der Waals surface area contributed by atoms with E-state index in [1.807, 2.05) is 30.0 Å². The lowest BCUT2D eigenvalue weighted by Gasteiger charge is -2.16. The number of thioether (sulfide) groups is 1. The highest BCUT2D eigenvalue weighted by Gasteiger charge is 2.35. The molecule has 2 aromatic carbocycles. The minimum absolute atomic E-state index is 0.196. The van der Waals surface area contributed by atoms with E-state index in [0.717, 1.165) is 17.1 Å². The molecule has 1 aliphatic rings. The molecular weight excluding hydrogens is 294 g/mol. The maximum Gasteiger partial charge on any atom is 0.261 e. The third-order valence-corrected chi connectivity index (χ3v) is 4.71. The first kappa shape index (κ1) is 14.9. The van der Waals surface area contributed by atoms with E-state index in [1.54, 1.807) is 24.3 Å². The summed E-state index contributed by atoms with van der Waals surface area (Å²) >= 11 is 1.83. The fraction of sp³-hybridized carbons (Fsp3) is 0.222. The zero-order valence-electron chi connectivity index (χ0n) is 12.4. The Morgan fingerprint density at radius 3 is 2.00 bits per heavy atom. The summed E-state index contributed by atoms with van der Waals surface area (Å²) in [6.07, 6.45) is 0. The van der Waals surface area contributed by atoms with Gasteiger partial charge < -0.3 is 0 Å². The fourth-order valence-corrected chi connectivity index (χ4v) is 3.32.